The van der Waals surface area contributed by atoms with E-state index in [0.717, 1.165) is 5.56 Å². The third-order valence-corrected chi connectivity index (χ3v) is 6.42. The van der Waals surface area contributed by atoms with Crippen molar-refractivity contribution in [3.63, 3.8) is 0 Å². The largest absolute Gasteiger partial charge is 0.427 e. The summed E-state index contributed by atoms with van der Waals surface area (Å²) in [6.45, 7) is 0. The molecule has 0 aliphatic carbocycles. The zero-order valence-corrected chi connectivity index (χ0v) is 17.4. The van der Waals surface area contributed by atoms with Crippen molar-refractivity contribution in [2.24, 2.45) is 0 Å². The van der Waals surface area contributed by atoms with E-state index in [4.69, 9.17) is 16.3 Å². The third kappa shape index (κ3) is 5.37. The first kappa shape index (κ1) is 20.9. The molecule has 0 aromatic heterocycles. The maximum Gasteiger partial charge on any atom is 0.311 e. The average Bonchev–Trinajstić information content (AvgIpc) is 2.74. The third-order valence-electron chi connectivity index (χ3n) is 4.36. The van der Waals surface area contributed by atoms with Gasteiger partial charge in [0.05, 0.1) is 10.6 Å². The van der Waals surface area contributed by atoms with Gasteiger partial charge in [-0.15, -0.1) is 0 Å². The Labute approximate surface area is 175 Å². The van der Waals surface area contributed by atoms with E-state index in [1.54, 1.807) is 66.7 Å². The van der Waals surface area contributed by atoms with E-state index in [-0.39, 0.29) is 17.3 Å². The van der Waals surface area contributed by atoms with Crippen LogP contribution in [0.25, 0.3) is 0 Å². The lowest BCUT2D eigenvalue weighted by molar-refractivity contribution is -0.134. The van der Waals surface area contributed by atoms with E-state index < -0.39 is 10.0 Å². The molecule has 0 heterocycles. The van der Waals surface area contributed by atoms with E-state index in [0.29, 0.717) is 22.9 Å². The molecule has 0 radical (unpaired) electrons. The molecule has 0 amide bonds. The molecule has 3 aromatic carbocycles. The maximum atomic E-state index is 12.7. The molecule has 3 rings (SSSR count). The fourth-order valence-electron chi connectivity index (χ4n) is 2.69. The number of rotatable bonds is 7. The van der Waals surface area contributed by atoms with Crippen LogP contribution in [-0.4, -0.2) is 21.4 Å². The molecule has 0 aliphatic rings. The van der Waals surface area contributed by atoms with Crippen LogP contribution in [0.3, 0.4) is 0 Å². The van der Waals surface area contributed by atoms with Gasteiger partial charge in [0.25, 0.3) is 10.0 Å². The van der Waals surface area contributed by atoms with Crippen molar-refractivity contribution < 1.29 is 17.9 Å². The standard InChI is InChI=1S/C22H20ClNO4S/c1-24(29(26,27)21-5-3-2-4-6-21)19-12-14-20(15-13-19)28-22(25)16-9-17-7-10-18(23)11-8-17/h2-8,10-15H,9,16H2,1H3. The number of hydrogen-bond donors (Lipinski definition) is 0. The topological polar surface area (TPSA) is 63.7 Å². The first-order chi connectivity index (χ1) is 13.9. The molecule has 0 aliphatic heterocycles. The van der Waals surface area contributed by atoms with E-state index in [1.807, 2.05) is 12.1 Å². The van der Waals surface area contributed by atoms with Crippen molar-refractivity contribution in [1.29, 1.82) is 0 Å². The van der Waals surface area contributed by atoms with Crippen molar-refractivity contribution in [3.8, 4) is 5.75 Å². The van der Waals surface area contributed by atoms with Crippen molar-refractivity contribution in [1.82, 2.24) is 0 Å². The molecular formula is C22H20ClNO4S. The predicted octanol–water partition coefficient (Wildman–Crippen LogP) is 4.70. The summed E-state index contributed by atoms with van der Waals surface area (Å²) in [5.41, 5.74) is 1.46. The van der Waals surface area contributed by atoms with E-state index >= 15 is 0 Å². The highest BCUT2D eigenvalue weighted by molar-refractivity contribution is 7.92. The summed E-state index contributed by atoms with van der Waals surface area (Å²) in [5, 5.41) is 0.649. The zero-order chi connectivity index (χ0) is 20.9. The lowest BCUT2D eigenvalue weighted by Gasteiger charge is -2.19. The van der Waals surface area contributed by atoms with Crippen LogP contribution >= 0.6 is 11.6 Å². The van der Waals surface area contributed by atoms with Crippen LogP contribution in [0.1, 0.15) is 12.0 Å². The van der Waals surface area contributed by atoms with Gasteiger partial charge < -0.3 is 4.74 Å². The smallest absolute Gasteiger partial charge is 0.311 e. The molecule has 0 saturated carbocycles. The van der Waals surface area contributed by atoms with Gasteiger partial charge in [-0.3, -0.25) is 9.10 Å². The first-order valence-electron chi connectivity index (χ1n) is 8.95. The Bertz CT molecular complexity index is 1070. The van der Waals surface area contributed by atoms with Crippen molar-refractivity contribution in [3.05, 3.63) is 89.4 Å². The molecule has 7 heteroatoms. The van der Waals surface area contributed by atoms with Gasteiger partial charge >= 0.3 is 5.97 Å². The number of ether oxygens (including phenoxy) is 1. The number of carbonyl (C=O) groups is 1. The van der Waals surface area contributed by atoms with Crippen LogP contribution < -0.4 is 9.04 Å². The predicted molar refractivity (Wildman–Crippen MR) is 114 cm³/mol. The summed E-state index contributed by atoms with van der Waals surface area (Å²) in [6, 6.07) is 21.8. The Morgan fingerprint density at radius 2 is 1.55 bits per heavy atom. The molecule has 0 bridgehead atoms. The van der Waals surface area contributed by atoms with Gasteiger partial charge in [0.15, 0.2) is 0 Å². The summed E-state index contributed by atoms with van der Waals surface area (Å²) >= 11 is 5.85. The molecule has 29 heavy (non-hydrogen) atoms. The Morgan fingerprint density at radius 1 is 0.931 bits per heavy atom. The van der Waals surface area contributed by atoms with Gasteiger partial charge in [-0.2, -0.15) is 0 Å². The second-order valence-electron chi connectivity index (χ2n) is 6.38. The normalized spacial score (nSPS) is 11.1. The number of halogens is 1. The average molecular weight is 430 g/mol. The van der Waals surface area contributed by atoms with Gasteiger partial charge in [-0.25, -0.2) is 8.42 Å². The minimum atomic E-state index is -3.65. The highest BCUT2D eigenvalue weighted by Crippen LogP contribution is 2.24. The Balaban J connectivity index is 1.61. The molecule has 0 spiro atoms. The lowest BCUT2D eigenvalue weighted by Crippen LogP contribution is -2.26. The molecular weight excluding hydrogens is 410 g/mol. The lowest BCUT2D eigenvalue weighted by atomic mass is 10.1. The van der Waals surface area contributed by atoms with Gasteiger partial charge in [0.1, 0.15) is 5.75 Å². The quantitative estimate of drug-likeness (QED) is 0.403. The van der Waals surface area contributed by atoms with Gasteiger partial charge in [0, 0.05) is 18.5 Å². The monoisotopic (exact) mass is 429 g/mol. The van der Waals surface area contributed by atoms with Crippen LogP contribution in [0, 0.1) is 0 Å². The molecule has 0 unspecified atom stereocenters. The molecule has 0 N–H and O–H groups in total. The molecule has 150 valence electrons. The minimum Gasteiger partial charge on any atom is -0.427 e. The molecule has 0 atom stereocenters. The first-order valence-corrected chi connectivity index (χ1v) is 10.8. The summed E-state index contributed by atoms with van der Waals surface area (Å²) in [4.78, 5) is 12.3. The summed E-state index contributed by atoms with van der Waals surface area (Å²) in [7, 11) is -2.17. The summed E-state index contributed by atoms with van der Waals surface area (Å²) < 4.78 is 31.9. The highest BCUT2D eigenvalue weighted by Gasteiger charge is 2.20. The maximum absolute atomic E-state index is 12.7. The fourth-order valence-corrected chi connectivity index (χ4v) is 4.04. The van der Waals surface area contributed by atoms with Gasteiger partial charge in [0.2, 0.25) is 0 Å². The van der Waals surface area contributed by atoms with Crippen LogP contribution in [-0.2, 0) is 21.2 Å². The van der Waals surface area contributed by atoms with Crippen molar-refractivity contribution in [2.75, 3.05) is 11.4 Å². The number of anilines is 1. The molecule has 5 nitrogen and oxygen atoms in total. The SMILES string of the molecule is CN(c1ccc(OC(=O)CCc2ccc(Cl)cc2)cc1)S(=O)(=O)c1ccccc1. The van der Waals surface area contributed by atoms with E-state index in [2.05, 4.69) is 0 Å². The van der Waals surface area contributed by atoms with Gasteiger partial charge in [-0.1, -0.05) is 41.9 Å². The molecule has 3 aromatic rings. The highest BCUT2D eigenvalue weighted by atomic mass is 35.5. The summed E-state index contributed by atoms with van der Waals surface area (Å²) in [5.74, 6) is -0.00155. The zero-order valence-electron chi connectivity index (χ0n) is 15.8. The van der Waals surface area contributed by atoms with Gasteiger partial charge in [-0.05, 0) is 60.5 Å². The number of sulfonamides is 1. The van der Waals surface area contributed by atoms with Crippen LogP contribution in [0.4, 0.5) is 5.69 Å². The fraction of sp³-hybridized carbons (Fsp3) is 0.136. The second kappa shape index (κ2) is 9.11. The number of benzene rings is 3. The number of esters is 1. The molecule has 0 fully saturated rings. The van der Waals surface area contributed by atoms with Crippen LogP contribution in [0.2, 0.25) is 5.02 Å². The summed E-state index contributed by atoms with van der Waals surface area (Å²) in [6.07, 6.45) is 0.776. The minimum absolute atomic E-state index is 0.209. The second-order valence-corrected chi connectivity index (χ2v) is 8.79. The Hall–Kier alpha value is -2.83. The number of aryl methyl sites for hydroxylation is 1. The number of carbonyl (C=O) groups excluding carboxylic acids is 1. The van der Waals surface area contributed by atoms with E-state index in [1.165, 1.54) is 11.4 Å². The number of nitrogens with zero attached hydrogens (tertiary/aromatic N) is 1. The van der Waals surface area contributed by atoms with Crippen molar-refractivity contribution >= 4 is 33.3 Å². The Kier molecular flexibility index (Phi) is 6.56. The van der Waals surface area contributed by atoms with E-state index in [9.17, 15) is 13.2 Å². The molecule has 0 saturated heterocycles. The van der Waals surface area contributed by atoms with Crippen LogP contribution in [0.15, 0.2) is 83.8 Å². The van der Waals surface area contributed by atoms with Crippen molar-refractivity contribution in [2.45, 2.75) is 17.7 Å². The number of hydrogen-bond acceptors (Lipinski definition) is 4. The Morgan fingerprint density at radius 3 is 2.17 bits per heavy atom. The van der Waals surface area contributed by atoms with Crippen LogP contribution in [0.5, 0.6) is 5.75 Å².